The smallest absolute Gasteiger partial charge is 0.335 e. The first kappa shape index (κ1) is 17.1. The van der Waals surface area contributed by atoms with Crippen molar-refractivity contribution < 1.29 is 22.7 Å². The van der Waals surface area contributed by atoms with Crippen LogP contribution in [0, 0.1) is 29.5 Å². The number of aromatic carboxylic acids is 1. The maximum Gasteiger partial charge on any atom is 0.335 e. The van der Waals surface area contributed by atoms with Gasteiger partial charge in [0.25, 0.3) is 0 Å². The molecule has 1 aromatic rings. The van der Waals surface area contributed by atoms with E-state index in [1.807, 2.05) is 6.07 Å². The molecule has 114 valence electrons. The summed E-state index contributed by atoms with van der Waals surface area (Å²) in [5.41, 5.74) is -1.58. The molecule has 1 aromatic carbocycles. The van der Waals surface area contributed by atoms with Crippen molar-refractivity contribution in [2.75, 3.05) is 6.54 Å². The van der Waals surface area contributed by atoms with Crippen LogP contribution in [-0.4, -0.2) is 26.0 Å². The molecule has 0 aliphatic rings. The lowest BCUT2D eigenvalue weighted by molar-refractivity contribution is 0.0696. The monoisotopic (exact) mass is 314 g/mol. The molecule has 0 bridgehead atoms. The highest BCUT2D eigenvalue weighted by molar-refractivity contribution is 7.89. The molecular weight excluding hydrogens is 299 g/mol. The quantitative estimate of drug-likeness (QED) is 0.859. The average Bonchev–Trinajstić information content (AvgIpc) is 2.39. The van der Waals surface area contributed by atoms with E-state index in [2.05, 4.69) is 4.72 Å². The van der Waals surface area contributed by atoms with Crippen LogP contribution < -0.4 is 4.72 Å². The van der Waals surface area contributed by atoms with Crippen LogP contribution in [0.1, 0.15) is 29.8 Å². The van der Waals surface area contributed by atoms with Gasteiger partial charge in [0.15, 0.2) is 0 Å². The van der Waals surface area contributed by atoms with Crippen LogP contribution in [0.25, 0.3) is 0 Å². The van der Waals surface area contributed by atoms with Crippen molar-refractivity contribution in [3.63, 3.8) is 0 Å². The first-order valence-corrected chi connectivity index (χ1v) is 7.43. The van der Waals surface area contributed by atoms with Crippen LogP contribution in [0.2, 0.25) is 0 Å². The van der Waals surface area contributed by atoms with Gasteiger partial charge in [-0.3, -0.25) is 0 Å². The van der Waals surface area contributed by atoms with Crippen LogP contribution in [0.4, 0.5) is 4.39 Å². The minimum atomic E-state index is -4.12. The van der Waals surface area contributed by atoms with E-state index in [0.29, 0.717) is 0 Å². The van der Waals surface area contributed by atoms with E-state index >= 15 is 0 Å². The Balaban J connectivity index is 3.26. The first-order valence-electron chi connectivity index (χ1n) is 5.94. The predicted octanol–water partition coefficient (Wildman–Crippen LogP) is 1.66. The molecule has 0 radical (unpaired) electrons. The Bertz CT molecular complexity index is 720. The van der Waals surface area contributed by atoms with Crippen molar-refractivity contribution in [1.82, 2.24) is 4.72 Å². The van der Waals surface area contributed by atoms with Gasteiger partial charge in [0, 0.05) is 12.1 Å². The Morgan fingerprint density at radius 3 is 2.52 bits per heavy atom. The summed E-state index contributed by atoms with van der Waals surface area (Å²) < 4.78 is 40.2. The number of nitrogens with zero attached hydrogens (tertiary/aromatic N) is 1. The van der Waals surface area contributed by atoms with Crippen LogP contribution in [0.3, 0.4) is 0 Å². The Kier molecular flexibility index (Phi) is 4.71. The summed E-state index contributed by atoms with van der Waals surface area (Å²) in [7, 11) is -4.12. The van der Waals surface area contributed by atoms with Gasteiger partial charge in [0.05, 0.1) is 21.9 Å². The topological polar surface area (TPSA) is 107 Å². The van der Waals surface area contributed by atoms with Gasteiger partial charge in [-0.15, -0.1) is 0 Å². The van der Waals surface area contributed by atoms with Crippen molar-refractivity contribution >= 4 is 16.0 Å². The summed E-state index contributed by atoms with van der Waals surface area (Å²) in [5.74, 6) is -2.35. The van der Waals surface area contributed by atoms with Gasteiger partial charge in [-0.2, -0.15) is 5.26 Å². The highest BCUT2D eigenvalue weighted by Gasteiger charge is 2.25. The average molecular weight is 314 g/mol. The number of halogens is 1. The maximum absolute atomic E-state index is 13.7. The summed E-state index contributed by atoms with van der Waals surface area (Å²) in [5, 5.41) is 17.7. The fourth-order valence-electron chi connectivity index (χ4n) is 1.45. The molecule has 0 spiro atoms. The second-order valence-corrected chi connectivity index (χ2v) is 6.94. The molecule has 0 aliphatic carbocycles. The molecule has 0 amide bonds. The number of benzene rings is 1. The molecule has 0 fully saturated rings. The van der Waals surface area contributed by atoms with Gasteiger partial charge >= 0.3 is 5.97 Å². The molecule has 0 aliphatic heterocycles. The molecule has 0 aromatic heterocycles. The highest BCUT2D eigenvalue weighted by Crippen LogP contribution is 2.21. The summed E-state index contributed by atoms with van der Waals surface area (Å²) in [6, 6.07) is 3.58. The third kappa shape index (κ3) is 4.00. The first-order chi connectivity index (χ1) is 9.50. The minimum absolute atomic E-state index is 0.176. The Labute approximate surface area is 122 Å². The fourth-order valence-corrected chi connectivity index (χ4v) is 2.94. The van der Waals surface area contributed by atoms with E-state index in [0.717, 1.165) is 12.1 Å². The SMILES string of the molecule is Cc1c(F)cc(C(=O)O)cc1S(=O)(=O)NCC(C)(C)C#N. The number of sulfonamides is 1. The van der Waals surface area contributed by atoms with Crippen molar-refractivity contribution in [3.05, 3.63) is 29.1 Å². The molecule has 0 saturated carbocycles. The molecule has 21 heavy (non-hydrogen) atoms. The van der Waals surface area contributed by atoms with Gasteiger partial charge < -0.3 is 5.11 Å². The third-order valence-electron chi connectivity index (χ3n) is 2.84. The molecule has 8 heteroatoms. The van der Waals surface area contributed by atoms with Crippen LogP contribution in [0.15, 0.2) is 17.0 Å². The van der Waals surface area contributed by atoms with E-state index in [-0.39, 0.29) is 12.1 Å². The minimum Gasteiger partial charge on any atom is -0.478 e. The number of carboxylic acid groups (broad SMARTS) is 1. The maximum atomic E-state index is 13.7. The number of hydrogen-bond donors (Lipinski definition) is 2. The number of nitriles is 1. The highest BCUT2D eigenvalue weighted by atomic mass is 32.2. The van der Waals surface area contributed by atoms with Gasteiger partial charge in [-0.25, -0.2) is 22.3 Å². The molecule has 1 rings (SSSR count). The van der Waals surface area contributed by atoms with Crippen LogP contribution in [0.5, 0.6) is 0 Å². The normalized spacial score (nSPS) is 12.0. The van der Waals surface area contributed by atoms with Crippen molar-refractivity contribution in [2.24, 2.45) is 5.41 Å². The zero-order valence-electron chi connectivity index (χ0n) is 11.8. The van der Waals surface area contributed by atoms with Gasteiger partial charge in [-0.05, 0) is 32.9 Å². The molecule has 6 nitrogen and oxygen atoms in total. The Hall–Kier alpha value is -1.98. The second-order valence-electron chi connectivity index (χ2n) is 5.21. The Morgan fingerprint density at radius 1 is 1.48 bits per heavy atom. The van der Waals surface area contributed by atoms with Crippen LogP contribution >= 0.6 is 0 Å². The number of hydrogen-bond acceptors (Lipinski definition) is 4. The number of rotatable bonds is 5. The molecule has 0 heterocycles. The number of carbonyl (C=O) groups is 1. The predicted molar refractivity (Wildman–Crippen MR) is 72.7 cm³/mol. The molecule has 2 N–H and O–H groups in total. The lowest BCUT2D eigenvalue weighted by Crippen LogP contribution is -2.33. The van der Waals surface area contributed by atoms with E-state index in [1.165, 1.54) is 20.8 Å². The van der Waals surface area contributed by atoms with Crippen molar-refractivity contribution in [2.45, 2.75) is 25.7 Å². The third-order valence-corrected chi connectivity index (χ3v) is 4.37. The Morgan fingerprint density at radius 2 is 2.05 bits per heavy atom. The van der Waals surface area contributed by atoms with E-state index in [1.54, 1.807) is 0 Å². The zero-order valence-corrected chi connectivity index (χ0v) is 12.6. The number of nitrogens with one attached hydrogen (secondary N) is 1. The fraction of sp³-hybridized carbons (Fsp3) is 0.385. The summed E-state index contributed by atoms with van der Waals surface area (Å²) >= 11 is 0. The molecular formula is C13H15FN2O4S. The lowest BCUT2D eigenvalue weighted by atomic mass is 9.97. The van der Waals surface area contributed by atoms with E-state index in [9.17, 15) is 17.6 Å². The molecule has 0 atom stereocenters. The van der Waals surface area contributed by atoms with Gasteiger partial charge in [-0.1, -0.05) is 0 Å². The lowest BCUT2D eigenvalue weighted by Gasteiger charge is -2.17. The largest absolute Gasteiger partial charge is 0.478 e. The summed E-state index contributed by atoms with van der Waals surface area (Å²) in [6.45, 7) is 4.14. The van der Waals surface area contributed by atoms with Gasteiger partial charge in [0.1, 0.15) is 5.82 Å². The summed E-state index contributed by atoms with van der Waals surface area (Å²) in [6.07, 6.45) is 0. The molecule has 0 saturated heterocycles. The zero-order chi connectivity index (χ0) is 16.4. The molecule has 0 unspecified atom stereocenters. The van der Waals surface area contributed by atoms with Gasteiger partial charge in [0.2, 0.25) is 10.0 Å². The summed E-state index contributed by atoms with van der Waals surface area (Å²) in [4.78, 5) is 10.4. The van der Waals surface area contributed by atoms with Crippen molar-refractivity contribution in [3.8, 4) is 6.07 Å². The van der Waals surface area contributed by atoms with E-state index in [4.69, 9.17) is 10.4 Å². The standard InChI is InChI=1S/C13H15FN2O4S/c1-8-10(14)4-9(12(17)18)5-11(8)21(19,20)16-7-13(2,3)6-15/h4-5,16H,7H2,1-3H3,(H,17,18). The second kappa shape index (κ2) is 5.79. The van der Waals surface area contributed by atoms with Crippen LogP contribution in [-0.2, 0) is 10.0 Å². The van der Waals surface area contributed by atoms with Crippen molar-refractivity contribution in [1.29, 1.82) is 5.26 Å². The van der Waals surface area contributed by atoms with E-state index < -0.39 is 37.7 Å². The number of carboxylic acids is 1.